The number of benzene rings is 7. The lowest BCUT2D eigenvalue weighted by Crippen LogP contribution is -1.94. The SMILES string of the molecule is c1ccc2c(-c3nsc(-c4ccc5c6ccccc6n(-c6cccc7c6oc6ccccc67)c5c4)n3)c3ccccc3cc2c1. The number of rotatable bonds is 3. The summed E-state index contributed by atoms with van der Waals surface area (Å²) in [7, 11) is 0. The number of furan rings is 1. The molecule has 4 nitrogen and oxygen atoms in total. The molecule has 210 valence electrons. The molecule has 0 atom stereocenters. The normalized spacial score (nSPS) is 12.0. The third-order valence-corrected chi connectivity index (χ3v) is 9.73. The highest BCUT2D eigenvalue weighted by atomic mass is 32.1. The van der Waals surface area contributed by atoms with Crippen LogP contribution in [0, 0.1) is 0 Å². The van der Waals surface area contributed by atoms with Crippen LogP contribution >= 0.6 is 11.5 Å². The van der Waals surface area contributed by atoms with Crippen molar-refractivity contribution < 1.29 is 4.42 Å². The average Bonchev–Trinajstić information content (AvgIpc) is 3.81. The van der Waals surface area contributed by atoms with Gasteiger partial charge in [0.05, 0.1) is 16.7 Å². The van der Waals surface area contributed by atoms with Crippen molar-refractivity contribution in [2.24, 2.45) is 0 Å². The third kappa shape index (κ3) is 3.59. The summed E-state index contributed by atoms with van der Waals surface area (Å²) in [5, 5.41) is 10.2. The standard InChI is InChI=1S/C40H23N3OS/c1-3-12-27-24(10-1)22-25-11-2-4-13-28(25)37(27)39-41-40(45-42-39)26-20-21-30-29-14-5-7-17-33(29)43(35(30)23-26)34-18-9-16-32-31-15-6-8-19-36(31)44-38(32)34/h1-23H. The van der Waals surface area contributed by atoms with E-state index < -0.39 is 0 Å². The zero-order valence-electron chi connectivity index (χ0n) is 23.9. The monoisotopic (exact) mass is 593 g/mol. The van der Waals surface area contributed by atoms with Gasteiger partial charge in [0, 0.05) is 32.7 Å². The summed E-state index contributed by atoms with van der Waals surface area (Å²) in [5.74, 6) is 0.760. The fourth-order valence-corrected chi connectivity index (χ4v) is 7.63. The Bertz CT molecular complexity index is 2730. The van der Waals surface area contributed by atoms with Crippen LogP contribution < -0.4 is 0 Å². The van der Waals surface area contributed by atoms with Gasteiger partial charge in [-0.15, -0.1) is 0 Å². The van der Waals surface area contributed by atoms with Gasteiger partial charge in [-0.05, 0) is 63.4 Å². The van der Waals surface area contributed by atoms with Crippen LogP contribution in [-0.4, -0.2) is 13.9 Å². The largest absolute Gasteiger partial charge is 0.454 e. The molecule has 5 heteroatoms. The third-order valence-electron chi connectivity index (χ3n) is 8.97. The fraction of sp³-hybridized carbons (Fsp3) is 0. The maximum atomic E-state index is 6.50. The molecule has 0 radical (unpaired) electrons. The molecular formula is C40H23N3OS. The van der Waals surface area contributed by atoms with Gasteiger partial charge in [-0.25, -0.2) is 4.98 Å². The fourth-order valence-electron chi connectivity index (χ4n) is 6.97. The lowest BCUT2D eigenvalue weighted by atomic mass is 9.96. The van der Waals surface area contributed by atoms with Crippen molar-refractivity contribution in [3.05, 3.63) is 140 Å². The van der Waals surface area contributed by atoms with Crippen molar-refractivity contribution in [3.63, 3.8) is 0 Å². The summed E-state index contributed by atoms with van der Waals surface area (Å²) in [6, 6.07) is 49.1. The summed E-state index contributed by atoms with van der Waals surface area (Å²) in [5.41, 5.74) is 7.16. The summed E-state index contributed by atoms with van der Waals surface area (Å²) in [4.78, 5) is 5.17. The smallest absolute Gasteiger partial charge is 0.174 e. The molecule has 7 aromatic carbocycles. The van der Waals surface area contributed by atoms with Crippen LogP contribution in [0.3, 0.4) is 0 Å². The molecule has 0 spiro atoms. The molecule has 0 bridgehead atoms. The van der Waals surface area contributed by atoms with E-state index in [-0.39, 0.29) is 0 Å². The Morgan fingerprint density at radius 2 is 1.20 bits per heavy atom. The minimum atomic E-state index is 0.760. The molecule has 10 rings (SSSR count). The molecular weight excluding hydrogens is 571 g/mol. The van der Waals surface area contributed by atoms with Crippen LogP contribution in [0.15, 0.2) is 144 Å². The van der Waals surface area contributed by atoms with Crippen molar-refractivity contribution >= 4 is 76.8 Å². The van der Waals surface area contributed by atoms with E-state index in [0.717, 1.165) is 71.4 Å². The van der Waals surface area contributed by atoms with Crippen LogP contribution in [0.1, 0.15) is 0 Å². The molecule has 45 heavy (non-hydrogen) atoms. The molecule has 0 saturated carbocycles. The van der Waals surface area contributed by atoms with E-state index >= 15 is 0 Å². The topological polar surface area (TPSA) is 43.9 Å². The number of nitrogens with zero attached hydrogens (tertiary/aromatic N) is 3. The van der Waals surface area contributed by atoms with Gasteiger partial charge in [0.1, 0.15) is 10.6 Å². The predicted molar refractivity (Wildman–Crippen MR) is 187 cm³/mol. The first-order valence-electron chi connectivity index (χ1n) is 15.0. The van der Waals surface area contributed by atoms with Crippen LogP contribution in [0.5, 0.6) is 0 Å². The summed E-state index contributed by atoms with van der Waals surface area (Å²) >= 11 is 1.45. The van der Waals surface area contributed by atoms with E-state index in [0.29, 0.717) is 0 Å². The van der Waals surface area contributed by atoms with E-state index in [9.17, 15) is 0 Å². The first-order valence-corrected chi connectivity index (χ1v) is 15.8. The Balaban J connectivity index is 1.20. The van der Waals surface area contributed by atoms with Crippen LogP contribution in [-0.2, 0) is 0 Å². The second kappa shape index (κ2) is 9.36. The Labute approximate surface area is 261 Å². The van der Waals surface area contributed by atoms with Gasteiger partial charge in [-0.2, -0.15) is 4.37 Å². The van der Waals surface area contributed by atoms with E-state index in [4.69, 9.17) is 13.8 Å². The first-order chi connectivity index (χ1) is 22.3. The molecule has 0 unspecified atom stereocenters. The van der Waals surface area contributed by atoms with Crippen LogP contribution in [0.4, 0.5) is 0 Å². The molecule has 3 heterocycles. The van der Waals surface area contributed by atoms with Crippen molar-refractivity contribution in [2.75, 3.05) is 0 Å². The minimum Gasteiger partial charge on any atom is -0.454 e. The molecule has 0 aliphatic heterocycles. The maximum Gasteiger partial charge on any atom is 0.174 e. The highest BCUT2D eigenvalue weighted by Crippen LogP contribution is 2.41. The molecule has 0 saturated heterocycles. The maximum absolute atomic E-state index is 6.50. The highest BCUT2D eigenvalue weighted by Gasteiger charge is 2.20. The van der Waals surface area contributed by atoms with Gasteiger partial charge in [-0.1, -0.05) is 109 Å². The van der Waals surface area contributed by atoms with Gasteiger partial charge in [-0.3, -0.25) is 0 Å². The van der Waals surface area contributed by atoms with Gasteiger partial charge in [0.2, 0.25) is 0 Å². The Hall–Kier alpha value is -5.78. The summed E-state index contributed by atoms with van der Waals surface area (Å²) < 4.78 is 13.8. The lowest BCUT2D eigenvalue weighted by molar-refractivity contribution is 0.666. The Morgan fingerprint density at radius 3 is 2.02 bits per heavy atom. The number of para-hydroxylation sites is 3. The Morgan fingerprint density at radius 1 is 0.533 bits per heavy atom. The molecule has 0 aliphatic carbocycles. The van der Waals surface area contributed by atoms with E-state index in [1.54, 1.807) is 0 Å². The number of aromatic nitrogens is 3. The second-order valence-electron chi connectivity index (χ2n) is 11.5. The second-order valence-corrected chi connectivity index (χ2v) is 12.2. The van der Waals surface area contributed by atoms with Crippen molar-refractivity contribution in [2.45, 2.75) is 0 Å². The molecule has 3 aromatic heterocycles. The average molecular weight is 594 g/mol. The summed E-state index contributed by atoms with van der Waals surface area (Å²) in [6.07, 6.45) is 0. The number of hydrogen-bond donors (Lipinski definition) is 0. The highest BCUT2D eigenvalue weighted by molar-refractivity contribution is 7.09. The van der Waals surface area contributed by atoms with Gasteiger partial charge in [0.25, 0.3) is 0 Å². The lowest BCUT2D eigenvalue weighted by Gasteiger charge is -2.09. The zero-order chi connectivity index (χ0) is 29.5. The quantitative estimate of drug-likeness (QED) is 0.191. The molecule has 0 amide bonds. The first kappa shape index (κ1) is 24.6. The Kier molecular flexibility index (Phi) is 5.12. The van der Waals surface area contributed by atoms with Crippen molar-refractivity contribution in [1.82, 2.24) is 13.9 Å². The van der Waals surface area contributed by atoms with E-state index in [1.165, 1.54) is 33.1 Å². The zero-order valence-corrected chi connectivity index (χ0v) is 24.8. The van der Waals surface area contributed by atoms with E-state index in [2.05, 4.69) is 132 Å². The van der Waals surface area contributed by atoms with Crippen molar-refractivity contribution in [1.29, 1.82) is 0 Å². The molecule has 10 aromatic rings. The molecule has 0 N–H and O–H groups in total. The van der Waals surface area contributed by atoms with Crippen molar-refractivity contribution in [3.8, 4) is 27.6 Å². The number of hydrogen-bond acceptors (Lipinski definition) is 4. The minimum absolute atomic E-state index is 0.760. The van der Waals surface area contributed by atoms with Gasteiger partial charge in [0.15, 0.2) is 11.4 Å². The summed E-state index contributed by atoms with van der Waals surface area (Å²) in [6.45, 7) is 0. The predicted octanol–water partition coefficient (Wildman–Crippen LogP) is 11.2. The van der Waals surface area contributed by atoms with Crippen LogP contribution in [0.2, 0.25) is 0 Å². The van der Waals surface area contributed by atoms with Gasteiger partial charge >= 0.3 is 0 Å². The van der Waals surface area contributed by atoms with E-state index in [1.807, 2.05) is 12.1 Å². The molecule has 0 fully saturated rings. The van der Waals surface area contributed by atoms with Gasteiger partial charge < -0.3 is 8.98 Å². The van der Waals surface area contributed by atoms with Crippen LogP contribution in [0.25, 0.3) is 92.9 Å². The molecule has 0 aliphatic rings. The number of fused-ring (bicyclic) bond motifs is 8.